The molecule has 0 radical (unpaired) electrons. The minimum atomic E-state index is -0.807. The van der Waals surface area contributed by atoms with Gasteiger partial charge in [0.05, 0.1) is 17.5 Å². The first kappa shape index (κ1) is 14.1. The van der Waals surface area contributed by atoms with Crippen LogP contribution in [0, 0.1) is 10.1 Å². The highest BCUT2D eigenvalue weighted by molar-refractivity contribution is 6.04. The van der Waals surface area contributed by atoms with E-state index in [9.17, 15) is 14.9 Å². The topological polar surface area (TPSA) is 136 Å². The van der Waals surface area contributed by atoms with Gasteiger partial charge in [0.2, 0.25) is 0 Å². The van der Waals surface area contributed by atoms with E-state index in [-0.39, 0.29) is 11.9 Å². The van der Waals surface area contributed by atoms with Crippen molar-refractivity contribution in [3.05, 3.63) is 58.5 Å². The molecule has 0 saturated heterocycles. The Hall–Kier alpha value is -3.36. The number of benzene rings is 1. The Morgan fingerprint density at radius 1 is 1.29 bits per heavy atom. The van der Waals surface area contributed by atoms with Gasteiger partial charge in [0.25, 0.3) is 11.9 Å². The highest BCUT2D eigenvalue weighted by Gasteiger charge is 2.07. The molecule has 0 aliphatic carbocycles. The Labute approximate surface area is 118 Å². The minimum Gasteiger partial charge on any atom is -0.472 e. The summed E-state index contributed by atoms with van der Waals surface area (Å²) in [6.45, 7) is 0. The Morgan fingerprint density at radius 3 is 2.57 bits per heavy atom. The lowest BCUT2D eigenvalue weighted by atomic mass is 10.2. The summed E-state index contributed by atoms with van der Waals surface area (Å²) in [7, 11) is 0. The molecule has 21 heavy (non-hydrogen) atoms. The van der Waals surface area contributed by atoms with E-state index < -0.39 is 5.03 Å². The fourth-order valence-electron chi connectivity index (χ4n) is 1.47. The number of nitrogens with zero attached hydrogens (tertiary/aromatic N) is 2. The van der Waals surface area contributed by atoms with Crippen LogP contribution >= 0.6 is 0 Å². The number of nitro groups is 1. The van der Waals surface area contributed by atoms with E-state index in [2.05, 4.69) is 10.3 Å². The summed E-state index contributed by atoms with van der Waals surface area (Å²) in [5.41, 5.74) is 8.38. The summed E-state index contributed by atoms with van der Waals surface area (Å²) in [5.74, 6) is -0.648. The smallest absolute Gasteiger partial charge is 0.258 e. The normalized spacial score (nSPS) is 11.0. The third-order valence-electron chi connectivity index (χ3n) is 2.36. The monoisotopic (exact) mass is 289 g/mol. The number of nitrogens with one attached hydrogen (secondary N) is 2. The quantitative estimate of drug-likeness (QED) is 0.335. The van der Waals surface area contributed by atoms with Crippen LogP contribution in [0.3, 0.4) is 0 Å². The maximum absolute atomic E-state index is 11.8. The summed E-state index contributed by atoms with van der Waals surface area (Å²) in [4.78, 5) is 25.7. The van der Waals surface area contributed by atoms with Crippen molar-refractivity contribution >= 4 is 23.2 Å². The van der Waals surface area contributed by atoms with Gasteiger partial charge in [0, 0.05) is 5.69 Å². The number of rotatable bonds is 4. The molecule has 1 heterocycles. The fourth-order valence-corrected chi connectivity index (χ4v) is 1.47. The number of hydrogen-bond donors (Lipinski definition) is 3. The fraction of sp³-hybridized carbons (Fsp3) is 0. The van der Waals surface area contributed by atoms with E-state index >= 15 is 0 Å². The van der Waals surface area contributed by atoms with Crippen molar-refractivity contribution in [1.29, 1.82) is 0 Å². The lowest BCUT2D eigenvalue weighted by Gasteiger charge is -2.03. The molecule has 9 heteroatoms. The van der Waals surface area contributed by atoms with Crippen molar-refractivity contribution in [2.45, 2.75) is 0 Å². The molecule has 0 aliphatic rings. The van der Waals surface area contributed by atoms with Crippen molar-refractivity contribution in [3.8, 4) is 0 Å². The van der Waals surface area contributed by atoms with Gasteiger partial charge in [0.1, 0.15) is 6.26 Å². The molecule has 9 nitrogen and oxygen atoms in total. The second-order valence-corrected chi connectivity index (χ2v) is 3.88. The number of aliphatic imine (C=N–C) groups is 1. The summed E-state index contributed by atoms with van der Waals surface area (Å²) in [6.07, 6.45) is 2.73. The molecule has 0 spiro atoms. The van der Waals surface area contributed by atoms with E-state index in [1.165, 1.54) is 18.6 Å². The highest BCUT2D eigenvalue weighted by atomic mass is 16.7. The molecular weight excluding hydrogens is 278 g/mol. The summed E-state index contributed by atoms with van der Waals surface area (Å²) < 4.78 is 4.81. The van der Waals surface area contributed by atoms with Gasteiger partial charge < -0.3 is 15.5 Å². The Balaban J connectivity index is 2.02. The molecule has 1 aromatic heterocycles. The second-order valence-electron chi connectivity index (χ2n) is 3.88. The number of anilines is 1. The maximum Gasteiger partial charge on any atom is 0.258 e. The van der Waals surface area contributed by atoms with Gasteiger partial charge in [-0.05, 0) is 30.3 Å². The number of guanidine groups is 1. The molecule has 0 saturated carbocycles. The van der Waals surface area contributed by atoms with Gasteiger partial charge >= 0.3 is 0 Å². The number of furan rings is 1. The number of carbonyl (C=O) groups excluding carboxylic acids is 1. The van der Waals surface area contributed by atoms with Crippen LogP contribution in [0.4, 0.5) is 11.4 Å². The predicted molar refractivity (Wildman–Crippen MR) is 74.5 cm³/mol. The van der Waals surface area contributed by atoms with Crippen LogP contribution in [-0.2, 0) is 0 Å². The lowest BCUT2D eigenvalue weighted by Crippen LogP contribution is -2.35. The Bertz CT molecular complexity index is 663. The van der Waals surface area contributed by atoms with Crippen LogP contribution in [0.1, 0.15) is 10.4 Å². The van der Waals surface area contributed by atoms with E-state index in [1.54, 1.807) is 29.7 Å². The SMILES string of the molecule is NC(=Nc1ccc(NC(=O)c2ccoc2)cc1)N[N+](=O)[O-]. The Kier molecular flexibility index (Phi) is 4.14. The molecule has 2 rings (SSSR count). The van der Waals surface area contributed by atoms with E-state index in [0.29, 0.717) is 16.9 Å². The first-order valence-electron chi connectivity index (χ1n) is 5.73. The van der Waals surface area contributed by atoms with E-state index in [0.717, 1.165) is 0 Å². The number of carbonyl (C=O) groups is 1. The molecular formula is C12H11N5O4. The molecule has 4 N–H and O–H groups in total. The largest absolute Gasteiger partial charge is 0.472 e. The van der Waals surface area contributed by atoms with Gasteiger partial charge in [-0.3, -0.25) is 4.79 Å². The molecule has 0 atom stereocenters. The van der Waals surface area contributed by atoms with Crippen molar-refractivity contribution < 1.29 is 14.2 Å². The van der Waals surface area contributed by atoms with Gasteiger partial charge in [-0.15, -0.1) is 0 Å². The van der Waals surface area contributed by atoms with Crippen molar-refractivity contribution in [3.63, 3.8) is 0 Å². The zero-order chi connectivity index (χ0) is 15.2. The minimum absolute atomic E-state index is 0.311. The van der Waals surface area contributed by atoms with Crippen LogP contribution in [0.2, 0.25) is 0 Å². The zero-order valence-electron chi connectivity index (χ0n) is 10.6. The highest BCUT2D eigenvalue weighted by Crippen LogP contribution is 2.17. The number of nitrogens with two attached hydrogens (primary N) is 1. The summed E-state index contributed by atoms with van der Waals surface area (Å²) in [5, 5.41) is 12.0. The first-order valence-corrected chi connectivity index (χ1v) is 5.73. The predicted octanol–water partition coefficient (Wildman–Crippen LogP) is 1.26. The average Bonchev–Trinajstić information content (AvgIpc) is 2.94. The molecule has 0 bridgehead atoms. The van der Waals surface area contributed by atoms with Gasteiger partial charge in [-0.1, -0.05) is 5.43 Å². The van der Waals surface area contributed by atoms with Crippen LogP contribution in [0.15, 0.2) is 52.3 Å². The summed E-state index contributed by atoms with van der Waals surface area (Å²) in [6, 6.07) is 7.84. The molecule has 108 valence electrons. The number of hydrazine groups is 1. The molecule has 0 unspecified atom stereocenters. The number of hydrogen-bond acceptors (Lipinski definition) is 5. The summed E-state index contributed by atoms with van der Waals surface area (Å²) >= 11 is 0. The molecule has 1 aromatic carbocycles. The first-order chi connectivity index (χ1) is 10.0. The van der Waals surface area contributed by atoms with Crippen LogP contribution in [0.25, 0.3) is 0 Å². The zero-order valence-corrected chi connectivity index (χ0v) is 10.6. The molecule has 0 aliphatic heterocycles. The van der Waals surface area contributed by atoms with E-state index in [1.807, 2.05) is 0 Å². The standard InChI is InChI=1S/C12H11N5O4/c13-12(16-17(19)20)15-10-3-1-9(2-4-10)14-11(18)8-5-6-21-7-8/h1-7H,(H,14,18)(H3,13,15,16). The Morgan fingerprint density at radius 2 is 2.00 bits per heavy atom. The second kappa shape index (κ2) is 6.19. The maximum atomic E-state index is 11.8. The van der Waals surface area contributed by atoms with Gasteiger partial charge in [0.15, 0.2) is 5.03 Å². The lowest BCUT2D eigenvalue weighted by molar-refractivity contribution is -0.525. The van der Waals surface area contributed by atoms with Crippen LogP contribution in [0.5, 0.6) is 0 Å². The average molecular weight is 289 g/mol. The molecule has 1 amide bonds. The van der Waals surface area contributed by atoms with Crippen molar-refractivity contribution in [2.24, 2.45) is 10.7 Å². The van der Waals surface area contributed by atoms with E-state index in [4.69, 9.17) is 10.2 Å². The van der Waals surface area contributed by atoms with Crippen molar-refractivity contribution in [2.75, 3.05) is 5.32 Å². The molecule has 0 fully saturated rings. The third kappa shape index (κ3) is 4.06. The van der Waals surface area contributed by atoms with Crippen LogP contribution in [-0.4, -0.2) is 16.9 Å². The van der Waals surface area contributed by atoms with Gasteiger partial charge in [-0.25, -0.2) is 15.1 Å². The molecule has 2 aromatic rings. The third-order valence-corrected chi connectivity index (χ3v) is 2.36. The van der Waals surface area contributed by atoms with Crippen molar-refractivity contribution in [1.82, 2.24) is 5.43 Å². The number of amides is 1. The van der Waals surface area contributed by atoms with Crippen LogP contribution < -0.4 is 16.5 Å². The van der Waals surface area contributed by atoms with Gasteiger partial charge in [-0.2, -0.15) is 0 Å².